The van der Waals surface area contributed by atoms with Gasteiger partial charge in [0.2, 0.25) is 11.8 Å². The van der Waals surface area contributed by atoms with Gasteiger partial charge in [0, 0.05) is 44.1 Å². The molecule has 1 aliphatic heterocycles. The minimum absolute atomic E-state index is 0.0568. The SMILES string of the molecule is COCCNC(=O)[C@H]1CN(C(=O)C2CCCC2)C[C@@H]1c1cc(OC)ccc1OC. The van der Waals surface area contributed by atoms with E-state index in [4.69, 9.17) is 14.2 Å². The van der Waals surface area contributed by atoms with Gasteiger partial charge in [-0.2, -0.15) is 0 Å². The number of benzene rings is 1. The Morgan fingerprint density at radius 3 is 2.52 bits per heavy atom. The molecule has 160 valence electrons. The highest BCUT2D eigenvalue weighted by Crippen LogP contribution is 2.40. The highest BCUT2D eigenvalue weighted by Gasteiger charge is 2.43. The molecule has 7 nitrogen and oxygen atoms in total. The summed E-state index contributed by atoms with van der Waals surface area (Å²) in [5.41, 5.74) is 0.903. The van der Waals surface area contributed by atoms with E-state index in [2.05, 4.69) is 5.32 Å². The molecule has 0 unspecified atom stereocenters. The lowest BCUT2D eigenvalue weighted by molar-refractivity contribution is -0.134. The maximum absolute atomic E-state index is 13.0. The molecule has 1 heterocycles. The number of carbonyl (C=O) groups excluding carboxylic acids is 2. The van der Waals surface area contributed by atoms with Crippen molar-refractivity contribution >= 4 is 11.8 Å². The molecule has 1 aromatic rings. The molecule has 1 aromatic carbocycles. The van der Waals surface area contributed by atoms with Crippen LogP contribution in [-0.2, 0) is 14.3 Å². The fourth-order valence-electron chi connectivity index (χ4n) is 4.53. The number of nitrogens with one attached hydrogen (secondary N) is 1. The molecule has 1 saturated heterocycles. The van der Waals surface area contributed by atoms with E-state index in [0.29, 0.717) is 37.7 Å². The summed E-state index contributed by atoms with van der Waals surface area (Å²) < 4.78 is 16.0. The summed E-state index contributed by atoms with van der Waals surface area (Å²) in [4.78, 5) is 27.9. The number of likely N-dealkylation sites (tertiary alicyclic amines) is 1. The van der Waals surface area contributed by atoms with Crippen molar-refractivity contribution in [1.29, 1.82) is 0 Å². The average Bonchev–Trinajstić information content (AvgIpc) is 3.43. The van der Waals surface area contributed by atoms with Crippen molar-refractivity contribution in [3.05, 3.63) is 23.8 Å². The molecule has 1 saturated carbocycles. The van der Waals surface area contributed by atoms with Crippen LogP contribution in [0.3, 0.4) is 0 Å². The molecule has 2 aliphatic rings. The van der Waals surface area contributed by atoms with Gasteiger partial charge in [-0.1, -0.05) is 12.8 Å². The van der Waals surface area contributed by atoms with Crippen LogP contribution in [0, 0.1) is 11.8 Å². The van der Waals surface area contributed by atoms with Crippen molar-refractivity contribution in [3.8, 4) is 11.5 Å². The first-order valence-electron chi connectivity index (χ1n) is 10.4. The summed E-state index contributed by atoms with van der Waals surface area (Å²) in [7, 11) is 4.84. The molecule has 1 N–H and O–H groups in total. The Labute approximate surface area is 172 Å². The first-order chi connectivity index (χ1) is 14.1. The van der Waals surface area contributed by atoms with Crippen LogP contribution < -0.4 is 14.8 Å². The minimum atomic E-state index is -0.335. The maximum atomic E-state index is 13.0. The van der Waals surface area contributed by atoms with E-state index in [9.17, 15) is 9.59 Å². The second-order valence-corrected chi connectivity index (χ2v) is 7.83. The zero-order valence-corrected chi connectivity index (χ0v) is 17.6. The number of nitrogens with zero attached hydrogens (tertiary/aromatic N) is 1. The first kappa shape index (κ1) is 21.4. The lowest BCUT2D eigenvalue weighted by atomic mass is 9.87. The van der Waals surface area contributed by atoms with Crippen molar-refractivity contribution in [3.63, 3.8) is 0 Å². The van der Waals surface area contributed by atoms with Crippen LogP contribution in [0.15, 0.2) is 18.2 Å². The molecule has 7 heteroatoms. The highest BCUT2D eigenvalue weighted by atomic mass is 16.5. The smallest absolute Gasteiger partial charge is 0.225 e. The van der Waals surface area contributed by atoms with Gasteiger partial charge in [0.25, 0.3) is 0 Å². The van der Waals surface area contributed by atoms with Gasteiger partial charge in [-0.3, -0.25) is 9.59 Å². The Hall–Kier alpha value is -2.28. The molecule has 0 aromatic heterocycles. The number of hydrogen-bond donors (Lipinski definition) is 1. The topological polar surface area (TPSA) is 77.1 Å². The van der Waals surface area contributed by atoms with E-state index in [1.807, 2.05) is 23.1 Å². The maximum Gasteiger partial charge on any atom is 0.225 e. The predicted octanol–water partition coefficient (Wildman–Crippen LogP) is 2.20. The zero-order valence-electron chi connectivity index (χ0n) is 17.6. The summed E-state index contributed by atoms with van der Waals surface area (Å²) in [6, 6.07) is 5.62. The molecule has 2 fully saturated rings. The van der Waals surface area contributed by atoms with Crippen molar-refractivity contribution in [2.45, 2.75) is 31.6 Å². The molecule has 0 spiro atoms. The number of ether oxygens (including phenoxy) is 3. The van der Waals surface area contributed by atoms with Crippen LogP contribution in [-0.4, -0.2) is 64.3 Å². The third-order valence-corrected chi connectivity index (χ3v) is 6.11. The molecule has 0 radical (unpaired) electrons. The lowest BCUT2D eigenvalue weighted by Crippen LogP contribution is -2.38. The fraction of sp³-hybridized carbons (Fsp3) is 0.636. The first-order valence-corrected chi connectivity index (χ1v) is 10.4. The zero-order chi connectivity index (χ0) is 20.8. The molecular weight excluding hydrogens is 372 g/mol. The normalized spacial score (nSPS) is 22.0. The van der Waals surface area contributed by atoms with Crippen molar-refractivity contribution in [2.24, 2.45) is 11.8 Å². The van der Waals surface area contributed by atoms with Gasteiger partial charge in [0.05, 0.1) is 26.7 Å². The molecule has 0 bridgehead atoms. The van der Waals surface area contributed by atoms with Crippen LogP contribution in [0.25, 0.3) is 0 Å². The van der Waals surface area contributed by atoms with E-state index in [-0.39, 0.29) is 29.6 Å². The van der Waals surface area contributed by atoms with Crippen LogP contribution in [0.5, 0.6) is 11.5 Å². The second-order valence-electron chi connectivity index (χ2n) is 7.83. The molecular formula is C22H32N2O5. The minimum Gasteiger partial charge on any atom is -0.497 e. The average molecular weight is 405 g/mol. The quantitative estimate of drug-likeness (QED) is 0.672. The Kier molecular flexibility index (Phi) is 7.36. The Morgan fingerprint density at radius 2 is 1.86 bits per heavy atom. The monoisotopic (exact) mass is 404 g/mol. The molecule has 2 atom stereocenters. The standard InChI is InChI=1S/C22H32N2O5/c1-27-11-10-23-21(25)19-14-24(22(26)15-6-4-5-7-15)13-18(19)17-12-16(28-2)8-9-20(17)29-3/h8-9,12,15,18-19H,4-7,10-11,13-14H2,1-3H3,(H,23,25)/t18-,19+/m1/s1. The number of methoxy groups -OCH3 is 3. The third kappa shape index (κ3) is 4.83. The Bertz CT molecular complexity index is 717. The number of carbonyl (C=O) groups is 2. The van der Waals surface area contributed by atoms with E-state index < -0.39 is 0 Å². The van der Waals surface area contributed by atoms with Gasteiger partial charge < -0.3 is 24.4 Å². The Morgan fingerprint density at radius 1 is 1.10 bits per heavy atom. The van der Waals surface area contributed by atoms with Gasteiger partial charge in [-0.15, -0.1) is 0 Å². The molecule has 1 aliphatic carbocycles. The van der Waals surface area contributed by atoms with Gasteiger partial charge in [0.15, 0.2) is 0 Å². The Balaban J connectivity index is 1.86. The molecule has 2 amide bonds. The second kappa shape index (κ2) is 9.96. The fourth-order valence-corrected chi connectivity index (χ4v) is 4.53. The molecule has 29 heavy (non-hydrogen) atoms. The van der Waals surface area contributed by atoms with E-state index in [1.54, 1.807) is 21.3 Å². The van der Waals surface area contributed by atoms with Gasteiger partial charge in [0.1, 0.15) is 11.5 Å². The van der Waals surface area contributed by atoms with Crippen LogP contribution >= 0.6 is 0 Å². The third-order valence-electron chi connectivity index (χ3n) is 6.11. The summed E-state index contributed by atoms with van der Waals surface area (Å²) >= 11 is 0. The van der Waals surface area contributed by atoms with Crippen molar-refractivity contribution in [1.82, 2.24) is 10.2 Å². The largest absolute Gasteiger partial charge is 0.497 e. The summed E-state index contributed by atoms with van der Waals surface area (Å²) in [5, 5.41) is 2.95. The van der Waals surface area contributed by atoms with E-state index in [0.717, 1.165) is 31.2 Å². The van der Waals surface area contributed by atoms with Crippen LogP contribution in [0.1, 0.15) is 37.2 Å². The van der Waals surface area contributed by atoms with Crippen molar-refractivity contribution in [2.75, 3.05) is 47.6 Å². The highest BCUT2D eigenvalue weighted by molar-refractivity contribution is 5.84. The predicted molar refractivity (Wildman–Crippen MR) is 109 cm³/mol. The van der Waals surface area contributed by atoms with Gasteiger partial charge in [-0.25, -0.2) is 0 Å². The summed E-state index contributed by atoms with van der Waals surface area (Å²) in [5.74, 6) is 1.16. The lowest BCUT2D eigenvalue weighted by Gasteiger charge is -2.21. The van der Waals surface area contributed by atoms with E-state index in [1.165, 1.54) is 0 Å². The van der Waals surface area contributed by atoms with Crippen molar-refractivity contribution < 1.29 is 23.8 Å². The number of hydrogen-bond acceptors (Lipinski definition) is 5. The molecule has 3 rings (SSSR count). The summed E-state index contributed by atoms with van der Waals surface area (Å²) in [6.07, 6.45) is 4.12. The van der Waals surface area contributed by atoms with Crippen LogP contribution in [0.2, 0.25) is 0 Å². The number of amides is 2. The number of rotatable bonds is 8. The van der Waals surface area contributed by atoms with Gasteiger partial charge >= 0.3 is 0 Å². The van der Waals surface area contributed by atoms with E-state index >= 15 is 0 Å². The van der Waals surface area contributed by atoms with Gasteiger partial charge in [-0.05, 0) is 31.0 Å². The summed E-state index contributed by atoms with van der Waals surface area (Å²) in [6.45, 7) is 1.85. The van der Waals surface area contributed by atoms with Crippen LogP contribution in [0.4, 0.5) is 0 Å².